The van der Waals surface area contributed by atoms with Gasteiger partial charge in [0.25, 0.3) is 0 Å². The van der Waals surface area contributed by atoms with Crippen LogP contribution in [0.4, 0.5) is 14.5 Å². The number of fused-ring (bicyclic) bond motifs is 2. The minimum absolute atomic E-state index is 0. The molecule has 0 unspecified atom stereocenters. The minimum Gasteiger partial charge on any atom is -0.367 e. The lowest BCUT2D eigenvalue weighted by Gasteiger charge is -2.40. The number of rotatable bonds is 2. The van der Waals surface area contributed by atoms with Crippen molar-refractivity contribution in [3.8, 4) is 11.4 Å². The molecule has 1 saturated heterocycles. The fourth-order valence-corrected chi connectivity index (χ4v) is 4.03. The molecule has 1 N–H and O–H groups in total. The number of imidazole rings is 1. The van der Waals surface area contributed by atoms with Crippen LogP contribution in [0.5, 0.6) is 0 Å². The van der Waals surface area contributed by atoms with E-state index in [2.05, 4.69) is 34.1 Å². The Hall–Kier alpha value is -3.11. The Morgan fingerprint density at radius 1 is 1.03 bits per heavy atom. The Labute approximate surface area is 188 Å². The second kappa shape index (κ2) is 7.79. The summed E-state index contributed by atoms with van der Waals surface area (Å²) in [4.78, 5) is 27.1. The van der Waals surface area contributed by atoms with Crippen molar-refractivity contribution in [3.63, 3.8) is 0 Å². The molecule has 168 valence electrons. The molecule has 32 heavy (non-hydrogen) atoms. The predicted octanol–water partition coefficient (Wildman–Crippen LogP) is 2.60. The summed E-state index contributed by atoms with van der Waals surface area (Å²) in [6.45, 7) is 7.98. The summed E-state index contributed by atoms with van der Waals surface area (Å²) < 4.78 is 32.1. The van der Waals surface area contributed by atoms with E-state index in [4.69, 9.17) is 0 Å². The molecule has 4 aromatic rings. The zero-order valence-electron chi connectivity index (χ0n) is 17.8. The first-order valence-corrected chi connectivity index (χ1v) is 9.95. The summed E-state index contributed by atoms with van der Waals surface area (Å²) >= 11 is 0. The van der Waals surface area contributed by atoms with E-state index in [9.17, 15) is 9.18 Å². The molecule has 0 amide bonds. The van der Waals surface area contributed by atoms with E-state index >= 15 is 4.39 Å². The topological polar surface area (TPSA) is 79.8 Å². The lowest BCUT2D eigenvalue weighted by molar-refractivity contribution is 0.352. The fraction of sp³-hybridized carbons (Fsp3) is 0.333. The van der Waals surface area contributed by atoms with E-state index in [-0.39, 0.29) is 40.6 Å². The van der Waals surface area contributed by atoms with Crippen molar-refractivity contribution in [3.05, 3.63) is 58.5 Å². The van der Waals surface area contributed by atoms with Gasteiger partial charge < -0.3 is 14.6 Å². The van der Waals surface area contributed by atoms with Crippen molar-refractivity contribution in [1.29, 1.82) is 0 Å². The smallest absolute Gasteiger partial charge is 0.355 e. The summed E-state index contributed by atoms with van der Waals surface area (Å²) in [5.41, 5.74) is 0.670. The number of anilines is 1. The van der Waals surface area contributed by atoms with E-state index in [1.165, 1.54) is 16.5 Å². The number of hydrogen-bond acceptors (Lipinski definition) is 6. The molecule has 4 aromatic heterocycles. The molecule has 11 heteroatoms. The molecule has 0 aliphatic carbocycles. The van der Waals surface area contributed by atoms with Gasteiger partial charge in [-0.15, -0.1) is 12.4 Å². The average Bonchev–Trinajstić information content (AvgIpc) is 3.08. The van der Waals surface area contributed by atoms with Gasteiger partial charge in [0.1, 0.15) is 0 Å². The van der Waals surface area contributed by atoms with Gasteiger partial charge in [-0.25, -0.2) is 27.9 Å². The third-order valence-electron chi connectivity index (χ3n) is 5.42. The van der Waals surface area contributed by atoms with Crippen LogP contribution in [-0.2, 0) is 0 Å². The first-order valence-electron chi connectivity index (χ1n) is 9.95. The maximum atomic E-state index is 15.0. The summed E-state index contributed by atoms with van der Waals surface area (Å²) in [5, 5.41) is 3.40. The van der Waals surface area contributed by atoms with E-state index in [0.717, 1.165) is 10.9 Å². The molecule has 1 aliphatic heterocycles. The Morgan fingerprint density at radius 2 is 1.78 bits per heavy atom. The van der Waals surface area contributed by atoms with E-state index in [0.29, 0.717) is 24.5 Å². The molecule has 0 radical (unpaired) electrons. The van der Waals surface area contributed by atoms with Gasteiger partial charge in [-0.05, 0) is 26.8 Å². The maximum Gasteiger partial charge on any atom is 0.355 e. The highest BCUT2D eigenvalue weighted by molar-refractivity contribution is 5.85. The van der Waals surface area contributed by atoms with Gasteiger partial charge in [0.2, 0.25) is 0 Å². The molecule has 0 saturated carbocycles. The Morgan fingerprint density at radius 3 is 2.53 bits per heavy atom. The van der Waals surface area contributed by atoms with E-state index in [1.807, 2.05) is 4.90 Å². The second-order valence-electron chi connectivity index (χ2n) is 8.49. The minimum atomic E-state index is -0.683. The number of aromatic nitrogens is 5. The lowest BCUT2D eigenvalue weighted by Crippen LogP contribution is -2.57. The van der Waals surface area contributed by atoms with Gasteiger partial charge in [0, 0.05) is 55.4 Å². The molecular weight excluding hydrogens is 440 g/mol. The molecule has 0 aromatic carbocycles. The van der Waals surface area contributed by atoms with Crippen molar-refractivity contribution >= 4 is 29.4 Å². The highest BCUT2D eigenvalue weighted by Gasteiger charge is 2.27. The number of aryl methyl sites for hydroxylation is 1. The Balaban J connectivity index is 0.00000245. The van der Waals surface area contributed by atoms with E-state index in [1.54, 1.807) is 25.5 Å². The van der Waals surface area contributed by atoms with Crippen LogP contribution in [-0.4, -0.2) is 48.9 Å². The zero-order valence-corrected chi connectivity index (χ0v) is 18.6. The van der Waals surface area contributed by atoms with Crippen molar-refractivity contribution in [2.75, 3.05) is 24.5 Å². The van der Waals surface area contributed by atoms with Gasteiger partial charge >= 0.3 is 5.69 Å². The summed E-state index contributed by atoms with van der Waals surface area (Å²) in [6.07, 6.45) is 4.77. The second-order valence-corrected chi connectivity index (χ2v) is 8.49. The van der Waals surface area contributed by atoms with Crippen LogP contribution < -0.4 is 15.9 Å². The number of pyridine rings is 2. The van der Waals surface area contributed by atoms with Gasteiger partial charge in [0.15, 0.2) is 28.8 Å². The quantitative estimate of drug-likeness (QED) is 0.494. The van der Waals surface area contributed by atoms with Gasteiger partial charge in [-0.3, -0.25) is 0 Å². The number of piperazine rings is 1. The number of halogens is 3. The van der Waals surface area contributed by atoms with Crippen molar-refractivity contribution in [2.45, 2.75) is 26.3 Å². The molecule has 0 atom stereocenters. The monoisotopic (exact) mass is 461 g/mol. The first-order chi connectivity index (χ1) is 14.7. The highest BCUT2D eigenvalue weighted by atomic mass is 35.5. The molecule has 1 fully saturated rings. The first kappa shape index (κ1) is 22.1. The molecule has 5 heterocycles. The number of hydrogen-bond donors (Lipinski definition) is 1. The van der Waals surface area contributed by atoms with Crippen LogP contribution in [0, 0.1) is 18.6 Å². The maximum absolute atomic E-state index is 15.0. The molecular formula is C21H22ClF2N7O. The Bertz CT molecular complexity index is 1400. The Kier molecular flexibility index (Phi) is 5.38. The standard InChI is InChI=1S/C21H21F2N7O.ClH/c1-12-8-29-9-13(6-15(22)18(29)25-12)17-26-19-16(23)7-14(10-30(19)20(31)27-17)28-5-4-24-21(2,3)11-28;/h6-10,24H,4-5,11H2,1-3H3;1H. The van der Waals surface area contributed by atoms with Crippen molar-refractivity contribution in [1.82, 2.24) is 29.1 Å². The molecule has 1 aliphatic rings. The van der Waals surface area contributed by atoms with Gasteiger partial charge in [-0.2, -0.15) is 4.98 Å². The number of nitrogens with one attached hydrogen (secondary N) is 1. The lowest BCUT2D eigenvalue weighted by atomic mass is 10.0. The average molecular weight is 462 g/mol. The summed E-state index contributed by atoms with van der Waals surface area (Å²) in [7, 11) is 0. The van der Waals surface area contributed by atoms with Crippen LogP contribution in [0.25, 0.3) is 22.7 Å². The van der Waals surface area contributed by atoms with Crippen LogP contribution in [0.1, 0.15) is 19.5 Å². The predicted molar refractivity (Wildman–Crippen MR) is 120 cm³/mol. The molecule has 8 nitrogen and oxygen atoms in total. The normalized spacial score (nSPS) is 15.8. The SMILES string of the molecule is Cc1cn2cc(-c3nc(=O)n4cc(N5CCNC(C)(C)C5)cc(F)c4n3)cc(F)c2n1.Cl. The molecule has 5 rings (SSSR count). The van der Waals surface area contributed by atoms with Crippen molar-refractivity contribution < 1.29 is 8.78 Å². The highest BCUT2D eigenvalue weighted by Crippen LogP contribution is 2.24. The summed E-state index contributed by atoms with van der Waals surface area (Å²) in [5.74, 6) is -1.27. The largest absolute Gasteiger partial charge is 0.367 e. The van der Waals surface area contributed by atoms with Gasteiger partial charge in [0.05, 0.1) is 11.4 Å². The third-order valence-corrected chi connectivity index (χ3v) is 5.42. The molecule has 0 spiro atoms. The van der Waals surface area contributed by atoms with Crippen LogP contribution in [0.15, 0.2) is 35.5 Å². The third kappa shape index (κ3) is 3.80. The van der Waals surface area contributed by atoms with Crippen LogP contribution >= 0.6 is 12.4 Å². The van der Waals surface area contributed by atoms with Crippen LogP contribution in [0.2, 0.25) is 0 Å². The number of nitrogens with zero attached hydrogens (tertiary/aromatic N) is 6. The van der Waals surface area contributed by atoms with Gasteiger partial charge in [-0.1, -0.05) is 0 Å². The van der Waals surface area contributed by atoms with Crippen molar-refractivity contribution in [2.24, 2.45) is 0 Å². The van der Waals surface area contributed by atoms with Crippen LogP contribution in [0.3, 0.4) is 0 Å². The zero-order chi connectivity index (χ0) is 21.9. The fourth-order valence-electron chi connectivity index (χ4n) is 4.03. The van der Waals surface area contributed by atoms with E-state index < -0.39 is 17.3 Å². The molecule has 0 bridgehead atoms. The summed E-state index contributed by atoms with van der Waals surface area (Å²) in [6, 6.07) is 2.57.